The molecule has 0 aliphatic heterocycles. The van der Waals surface area contributed by atoms with Crippen molar-refractivity contribution in [3.05, 3.63) is 77.0 Å². The quantitative estimate of drug-likeness (QED) is 0.259. The smallest absolute Gasteiger partial charge is 0.317 e. The number of aromatic amines is 1. The first-order valence-electron chi connectivity index (χ1n) is 10.9. The highest BCUT2D eigenvalue weighted by molar-refractivity contribution is 5.90. The van der Waals surface area contributed by atoms with Gasteiger partial charge in [-0.05, 0) is 60.6 Å². The number of nitrogens with zero attached hydrogens (tertiary/aromatic N) is 1. The Morgan fingerprint density at radius 2 is 2.09 bits per heavy atom. The van der Waals surface area contributed by atoms with Gasteiger partial charge in [-0.2, -0.15) is 0 Å². The summed E-state index contributed by atoms with van der Waals surface area (Å²) in [5.74, 6) is -0.567. The van der Waals surface area contributed by atoms with Gasteiger partial charge in [0.25, 0.3) is 5.91 Å². The zero-order valence-corrected chi connectivity index (χ0v) is 18.1. The Labute approximate surface area is 187 Å². The minimum atomic E-state index is -0.567. The first kappa shape index (κ1) is 21.6. The van der Waals surface area contributed by atoms with E-state index in [1.165, 1.54) is 22.6 Å². The lowest BCUT2D eigenvalue weighted by molar-refractivity contribution is -0.124. The third-order valence-corrected chi connectivity index (χ3v) is 6.01. The molecule has 0 fully saturated rings. The zero-order chi connectivity index (χ0) is 22.5. The SMILES string of the molecule is CCNC(=O)N(CCc1c[nH]c2ccccc12)C1CCc2cc(C=CC(=O)NO)ccc21. The van der Waals surface area contributed by atoms with Crippen molar-refractivity contribution in [2.45, 2.75) is 32.2 Å². The fourth-order valence-corrected chi connectivity index (χ4v) is 4.48. The van der Waals surface area contributed by atoms with Crippen LogP contribution in [0.4, 0.5) is 4.79 Å². The van der Waals surface area contributed by atoms with Crippen LogP contribution in [-0.4, -0.2) is 40.1 Å². The number of hydroxylamine groups is 1. The van der Waals surface area contributed by atoms with Gasteiger partial charge in [-0.15, -0.1) is 0 Å². The number of urea groups is 1. The van der Waals surface area contributed by atoms with Crippen LogP contribution in [0.15, 0.2) is 54.7 Å². The van der Waals surface area contributed by atoms with Crippen molar-refractivity contribution < 1.29 is 14.8 Å². The number of aryl methyl sites for hydroxylation is 1. The van der Waals surface area contributed by atoms with Crippen molar-refractivity contribution in [3.8, 4) is 0 Å². The maximum Gasteiger partial charge on any atom is 0.317 e. The van der Waals surface area contributed by atoms with Crippen molar-refractivity contribution >= 4 is 28.9 Å². The molecule has 166 valence electrons. The molecule has 0 saturated carbocycles. The molecule has 1 aliphatic rings. The molecule has 7 nitrogen and oxygen atoms in total. The standard InChI is InChI=1S/C25H28N4O3/c1-2-26-25(31)29(14-13-19-16-27-22-6-4-3-5-20(19)22)23-11-9-18-15-17(7-10-21(18)23)8-12-24(30)28-32/h3-8,10,12,15-16,23,27,32H,2,9,11,13-14H2,1H3,(H,26,31)(H,28,30). The monoisotopic (exact) mass is 432 g/mol. The number of H-pyrrole nitrogens is 1. The lowest BCUT2D eigenvalue weighted by Crippen LogP contribution is -2.42. The number of amides is 3. The highest BCUT2D eigenvalue weighted by atomic mass is 16.5. The number of rotatable bonds is 7. The Hall–Kier alpha value is -3.58. The van der Waals surface area contributed by atoms with Gasteiger partial charge in [-0.25, -0.2) is 10.3 Å². The molecule has 3 amide bonds. The number of para-hydroxylation sites is 1. The van der Waals surface area contributed by atoms with E-state index in [1.54, 1.807) is 11.6 Å². The summed E-state index contributed by atoms with van der Waals surface area (Å²) in [6.07, 6.45) is 7.49. The van der Waals surface area contributed by atoms with Gasteiger partial charge in [0.2, 0.25) is 0 Å². The Balaban J connectivity index is 1.55. The maximum atomic E-state index is 13.0. The third kappa shape index (κ3) is 4.53. The van der Waals surface area contributed by atoms with Crippen molar-refractivity contribution in [3.63, 3.8) is 0 Å². The van der Waals surface area contributed by atoms with Crippen molar-refractivity contribution in [1.29, 1.82) is 0 Å². The second-order valence-corrected chi connectivity index (χ2v) is 7.96. The average Bonchev–Trinajstić information content (AvgIpc) is 3.42. The lowest BCUT2D eigenvalue weighted by Gasteiger charge is -2.30. The van der Waals surface area contributed by atoms with Gasteiger partial charge in [0.05, 0.1) is 6.04 Å². The molecule has 0 bridgehead atoms. The van der Waals surface area contributed by atoms with Crippen LogP contribution in [0, 0.1) is 0 Å². The Kier molecular flexibility index (Phi) is 6.56. The molecule has 4 rings (SSSR count). The predicted molar refractivity (Wildman–Crippen MR) is 124 cm³/mol. The second kappa shape index (κ2) is 9.70. The normalized spacial score (nSPS) is 15.1. The summed E-state index contributed by atoms with van der Waals surface area (Å²) in [6.45, 7) is 3.13. The molecule has 32 heavy (non-hydrogen) atoms. The van der Waals surface area contributed by atoms with Gasteiger partial charge in [0, 0.05) is 36.3 Å². The molecule has 1 atom stereocenters. The van der Waals surface area contributed by atoms with E-state index in [0.29, 0.717) is 13.1 Å². The highest BCUT2D eigenvalue weighted by Crippen LogP contribution is 2.37. The molecule has 1 aromatic heterocycles. The summed E-state index contributed by atoms with van der Waals surface area (Å²) in [6, 6.07) is 14.2. The van der Waals surface area contributed by atoms with E-state index in [2.05, 4.69) is 22.4 Å². The topological polar surface area (TPSA) is 97.5 Å². The van der Waals surface area contributed by atoms with Gasteiger partial charge >= 0.3 is 6.03 Å². The summed E-state index contributed by atoms with van der Waals surface area (Å²) >= 11 is 0. The van der Waals surface area contributed by atoms with Gasteiger partial charge in [-0.3, -0.25) is 10.0 Å². The van der Waals surface area contributed by atoms with Crippen LogP contribution in [-0.2, 0) is 17.6 Å². The summed E-state index contributed by atoms with van der Waals surface area (Å²) < 4.78 is 0. The van der Waals surface area contributed by atoms with Crippen molar-refractivity contribution in [2.75, 3.05) is 13.1 Å². The Morgan fingerprint density at radius 1 is 1.25 bits per heavy atom. The van der Waals surface area contributed by atoms with Crippen LogP contribution in [0.25, 0.3) is 17.0 Å². The summed E-state index contributed by atoms with van der Waals surface area (Å²) in [4.78, 5) is 29.5. The predicted octanol–water partition coefficient (Wildman–Crippen LogP) is 3.95. The van der Waals surface area contributed by atoms with Gasteiger partial charge in [-0.1, -0.05) is 36.4 Å². The van der Waals surface area contributed by atoms with E-state index in [1.807, 2.05) is 48.4 Å². The number of fused-ring (bicyclic) bond motifs is 2. The molecule has 1 unspecified atom stereocenters. The minimum absolute atomic E-state index is 0.0144. The van der Waals surface area contributed by atoms with Gasteiger partial charge < -0.3 is 15.2 Å². The fraction of sp³-hybridized carbons (Fsp3) is 0.280. The van der Waals surface area contributed by atoms with Crippen LogP contribution in [0.5, 0.6) is 0 Å². The number of carbonyl (C=O) groups is 2. The van der Waals surface area contributed by atoms with E-state index in [9.17, 15) is 9.59 Å². The van der Waals surface area contributed by atoms with Crippen LogP contribution >= 0.6 is 0 Å². The van der Waals surface area contributed by atoms with E-state index < -0.39 is 5.91 Å². The average molecular weight is 433 g/mol. The number of hydrogen-bond acceptors (Lipinski definition) is 3. The van der Waals surface area contributed by atoms with Crippen LogP contribution in [0.2, 0.25) is 0 Å². The lowest BCUT2D eigenvalue weighted by atomic mass is 10.0. The highest BCUT2D eigenvalue weighted by Gasteiger charge is 2.31. The number of hydrogen-bond donors (Lipinski definition) is 4. The molecule has 0 saturated heterocycles. The maximum absolute atomic E-state index is 13.0. The number of benzene rings is 2. The fourth-order valence-electron chi connectivity index (χ4n) is 4.48. The van der Waals surface area contributed by atoms with E-state index in [-0.39, 0.29) is 12.1 Å². The summed E-state index contributed by atoms with van der Waals surface area (Å²) in [5.41, 5.74) is 7.12. The third-order valence-electron chi connectivity index (χ3n) is 6.01. The molecular formula is C25H28N4O3. The van der Waals surface area contributed by atoms with Crippen LogP contribution in [0.1, 0.15) is 41.6 Å². The van der Waals surface area contributed by atoms with Gasteiger partial charge in [0.1, 0.15) is 0 Å². The summed E-state index contributed by atoms with van der Waals surface area (Å²) in [7, 11) is 0. The first-order chi connectivity index (χ1) is 15.6. The molecule has 7 heteroatoms. The molecule has 1 heterocycles. The van der Waals surface area contributed by atoms with E-state index >= 15 is 0 Å². The first-order valence-corrected chi connectivity index (χ1v) is 10.9. The minimum Gasteiger partial charge on any atom is -0.361 e. The zero-order valence-electron chi connectivity index (χ0n) is 18.1. The molecule has 2 aromatic carbocycles. The number of aromatic nitrogens is 1. The van der Waals surface area contributed by atoms with E-state index in [0.717, 1.165) is 35.9 Å². The Morgan fingerprint density at radius 3 is 2.91 bits per heavy atom. The van der Waals surface area contributed by atoms with Gasteiger partial charge in [0.15, 0.2) is 0 Å². The Bertz CT molecular complexity index is 1150. The molecule has 1 aliphatic carbocycles. The second-order valence-electron chi connectivity index (χ2n) is 7.96. The molecule has 3 aromatic rings. The molecule has 4 N–H and O–H groups in total. The molecular weight excluding hydrogens is 404 g/mol. The number of nitrogens with one attached hydrogen (secondary N) is 3. The van der Waals surface area contributed by atoms with Crippen molar-refractivity contribution in [2.24, 2.45) is 0 Å². The summed E-state index contributed by atoms with van der Waals surface area (Å²) in [5, 5.41) is 12.8. The largest absolute Gasteiger partial charge is 0.361 e. The molecule has 0 spiro atoms. The number of carbonyl (C=O) groups excluding carboxylic acids is 2. The van der Waals surface area contributed by atoms with Crippen LogP contribution < -0.4 is 10.8 Å². The van der Waals surface area contributed by atoms with Crippen molar-refractivity contribution in [1.82, 2.24) is 20.7 Å². The van der Waals surface area contributed by atoms with E-state index in [4.69, 9.17) is 5.21 Å². The molecule has 0 radical (unpaired) electrons. The van der Waals surface area contributed by atoms with Crippen LogP contribution in [0.3, 0.4) is 0 Å².